The Hall–Kier alpha value is -2.80. The smallest absolute Gasteiger partial charge is 0.278 e. The van der Waals surface area contributed by atoms with E-state index in [1.54, 1.807) is 37.0 Å². The third-order valence-corrected chi connectivity index (χ3v) is 4.20. The number of ether oxygens (including phenoxy) is 1. The third kappa shape index (κ3) is 3.51. The minimum Gasteiger partial charge on any atom is -0.487 e. The highest BCUT2D eigenvalue weighted by Gasteiger charge is 2.22. The third-order valence-electron chi connectivity index (χ3n) is 3.89. The lowest BCUT2D eigenvalue weighted by Gasteiger charge is -2.08. The summed E-state index contributed by atoms with van der Waals surface area (Å²) in [6, 6.07) is 7.12. The number of benzene rings is 1. The van der Waals surface area contributed by atoms with Crippen LogP contribution >= 0.6 is 11.6 Å². The van der Waals surface area contributed by atoms with Gasteiger partial charge in [0.1, 0.15) is 18.1 Å². The van der Waals surface area contributed by atoms with Crippen molar-refractivity contribution >= 4 is 23.2 Å². The van der Waals surface area contributed by atoms with Crippen LogP contribution in [0.4, 0.5) is 5.69 Å². The molecule has 0 aliphatic heterocycles. The van der Waals surface area contributed by atoms with Gasteiger partial charge in [0.05, 0.1) is 28.2 Å². The molecule has 25 heavy (non-hydrogen) atoms. The summed E-state index contributed by atoms with van der Waals surface area (Å²) < 4.78 is 12.5. The molecule has 3 aromatic rings. The monoisotopic (exact) mass is 360 g/mol. The number of hydrogen-bond donors (Lipinski definition) is 1. The van der Waals surface area contributed by atoms with Crippen molar-refractivity contribution in [1.82, 2.24) is 14.9 Å². The van der Waals surface area contributed by atoms with Gasteiger partial charge < -0.3 is 14.6 Å². The van der Waals surface area contributed by atoms with Gasteiger partial charge in [-0.05, 0) is 26.0 Å². The predicted molar refractivity (Wildman–Crippen MR) is 92.9 cm³/mol. The number of amides is 1. The molecule has 1 N–H and O–H groups in total. The van der Waals surface area contributed by atoms with Crippen molar-refractivity contribution in [2.24, 2.45) is 7.05 Å². The van der Waals surface area contributed by atoms with E-state index in [0.717, 1.165) is 5.69 Å². The molecule has 0 bridgehead atoms. The summed E-state index contributed by atoms with van der Waals surface area (Å²) in [6.07, 6.45) is 1.58. The molecule has 0 aliphatic rings. The van der Waals surface area contributed by atoms with E-state index in [0.29, 0.717) is 27.8 Å². The van der Waals surface area contributed by atoms with Crippen molar-refractivity contribution < 1.29 is 14.1 Å². The van der Waals surface area contributed by atoms with E-state index in [2.05, 4.69) is 15.6 Å². The second kappa shape index (κ2) is 6.98. The van der Waals surface area contributed by atoms with Gasteiger partial charge in [-0.2, -0.15) is 5.10 Å². The van der Waals surface area contributed by atoms with Crippen LogP contribution in [0, 0.1) is 13.8 Å². The molecule has 130 valence electrons. The van der Waals surface area contributed by atoms with E-state index in [-0.39, 0.29) is 18.2 Å². The molecule has 0 radical (unpaired) electrons. The van der Waals surface area contributed by atoms with Gasteiger partial charge in [-0.15, -0.1) is 0 Å². The quantitative estimate of drug-likeness (QED) is 0.752. The maximum absolute atomic E-state index is 12.5. The minimum atomic E-state index is -0.384. The Labute approximate surface area is 149 Å². The lowest BCUT2D eigenvalue weighted by atomic mass is 10.2. The standard InChI is InChI=1S/C17H17ClN4O3/c1-10-14(8-19-22(10)3)20-17(23)16-12(11(2)25-21-16)9-24-15-7-5-4-6-13(15)18/h4-8H,9H2,1-3H3,(H,20,23). The molecule has 0 aliphatic carbocycles. The van der Waals surface area contributed by atoms with Gasteiger partial charge in [0.25, 0.3) is 5.91 Å². The zero-order valence-electron chi connectivity index (χ0n) is 14.0. The van der Waals surface area contributed by atoms with Crippen molar-refractivity contribution in [3.05, 3.63) is 58.2 Å². The van der Waals surface area contributed by atoms with Gasteiger partial charge in [-0.25, -0.2) is 0 Å². The van der Waals surface area contributed by atoms with Crippen LogP contribution in [-0.2, 0) is 13.7 Å². The number of nitrogens with one attached hydrogen (secondary N) is 1. The lowest BCUT2D eigenvalue weighted by Crippen LogP contribution is -2.16. The van der Waals surface area contributed by atoms with Crippen LogP contribution in [-0.4, -0.2) is 20.8 Å². The Morgan fingerprint density at radius 1 is 1.36 bits per heavy atom. The van der Waals surface area contributed by atoms with Crippen LogP contribution in [0.2, 0.25) is 5.02 Å². The first-order chi connectivity index (χ1) is 12.0. The number of para-hydroxylation sites is 1. The van der Waals surface area contributed by atoms with Gasteiger partial charge >= 0.3 is 0 Å². The van der Waals surface area contributed by atoms with Crippen LogP contribution in [0.3, 0.4) is 0 Å². The molecule has 1 aromatic carbocycles. The van der Waals surface area contributed by atoms with E-state index in [1.807, 2.05) is 19.1 Å². The molecule has 1 amide bonds. The van der Waals surface area contributed by atoms with E-state index in [9.17, 15) is 4.79 Å². The van der Waals surface area contributed by atoms with Crippen LogP contribution < -0.4 is 10.1 Å². The van der Waals surface area contributed by atoms with E-state index < -0.39 is 0 Å². The number of carbonyl (C=O) groups excluding carboxylic acids is 1. The zero-order valence-corrected chi connectivity index (χ0v) is 14.8. The summed E-state index contributed by atoms with van der Waals surface area (Å²) in [5.74, 6) is 0.657. The van der Waals surface area contributed by atoms with Gasteiger partial charge in [0, 0.05) is 7.05 Å². The first kappa shape index (κ1) is 17.0. The van der Waals surface area contributed by atoms with Crippen molar-refractivity contribution in [2.75, 3.05) is 5.32 Å². The normalized spacial score (nSPS) is 10.7. The molecule has 7 nitrogen and oxygen atoms in total. The molecular formula is C17H17ClN4O3. The van der Waals surface area contributed by atoms with Gasteiger partial charge in [0.15, 0.2) is 5.69 Å². The topological polar surface area (TPSA) is 82.2 Å². The molecule has 0 saturated heterocycles. The number of nitrogens with zero attached hydrogens (tertiary/aromatic N) is 3. The highest BCUT2D eigenvalue weighted by molar-refractivity contribution is 6.32. The molecule has 0 unspecified atom stereocenters. The van der Waals surface area contributed by atoms with Crippen LogP contribution in [0.1, 0.15) is 27.5 Å². The molecule has 0 fully saturated rings. The molecule has 0 saturated carbocycles. The molecule has 0 spiro atoms. The number of aromatic nitrogens is 3. The highest BCUT2D eigenvalue weighted by atomic mass is 35.5. The summed E-state index contributed by atoms with van der Waals surface area (Å²) in [4.78, 5) is 12.5. The van der Waals surface area contributed by atoms with Gasteiger partial charge in [0.2, 0.25) is 0 Å². The number of rotatable bonds is 5. The Kier molecular flexibility index (Phi) is 4.76. The largest absolute Gasteiger partial charge is 0.487 e. The van der Waals surface area contributed by atoms with Crippen LogP contribution in [0.25, 0.3) is 0 Å². The summed E-state index contributed by atoms with van der Waals surface area (Å²) in [5, 5.41) is 11.2. The second-order valence-corrected chi connectivity index (χ2v) is 5.91. The molecular weight excluding hydrogens is 344 g/mol. The van der Waals surface area contributed by atoms with E-state index >= 15 is 0 Å². The fourth-order valence-corrected chi connectivity index (χ4v) is 2.44. The number of carbonyl (C=O) groups is 1. The van der Waals surface area contributed by atoms with Crippen molar-refractivity contribution in [2.45, 2.75) is 20.5 Å². The maximum Gasteiger partial charge on any atom is 0.278 e. The summed E-state index contributed by atoms with van der Waals surface area (Å²) in [6.45, 7) is 3.70. The average Bonchev–Trinajstić information content (AvgIpc) is 3.11. The number of halogens is 1. The molecule has 0 atom stereocenters. The van der Waals surface area contributed by atoms with Crippen LogP contribution in [0.5, 0.6) is 5.75 Å². The summed E-state index contributed by atoms with van der Waals surface area (Å²) in [7, 11) is 1.80. The number of hydrogen-bond acceptors (Lipinski definition) is 5. The highest BCUT2D eigenvalue weighted by Crippen LogP contribution is 2.25. The minimum absolute atomic E-state index is 0.119. The van der Waals surface area contributed by atoms with E-state index in [1.165, 1.54) is 0 Å². The van der Waals surface area contributed by atoms with Crippen molar-refractivity contribution in [3.8, 4) is 5.75 Å². The first-order valence-electron chi connectivity index (χ1n) is 7.59. The summed E-state index contributed by atoms with van der Waals surface area (Å²) >= 11 is 6.08. The van der Waals surface area contributed by atoms with Crippen LogP contribution in [0.15, 0.2) is 35.0 Å². The molecule has 8 heteroatoms. The fraction of sp³-hybridized carbons (Fsp3) is 0.235. The fourth-order valence-electron chi connectivity index (χ4n) is 2.25. The molecule has 3 rings (SSSR count). The molecule has 2 aromatic heterocycles. The summed E-state index contributed by atoms with van der Waals surface area (Å²) in [5.41, 5.74) is 2.19. The molecule has 2 heterocycles. The second-order valence-electron chi connectivity index (χ2n) is 5.51. The van der Waals surface area contributed by atoms with Gasteiger partial charge in [-0.1, -0.05) is 28.9 Å². The number of aryl methyl sites for hydroxylation is 2. The average molecular weight is 361 g/mol. The van der Waals surface area contributed by atoms with E-state index in [4.69, 9.17) is 20.9 Å². The Morgan fingerprint density at radius 3 is 2.80 bits per heavy atom. The zero-order chi connectivity index (χ0) is 18.0. The van der Waals surface area contributed by atoms with Crippen molar-refractivity contribution in [1.29, 1.82) is 0 Å². The predicted octanol–water partition coefficient (Wildman–Crippen LogP) is 3.51. The lowest BCUT2D eigenvalue weighted by molar-refractivity contribution is 0.101. The SMILES string of the molecule is Cc1onc(C(=O)Nc2cnn(C)c2C)c1COc1ccccc1Cl. The first-order valence-corrected chi connectivity index (χ1v) is 7.97. The van der Waals surface area contributed by atoms with Gasteiger partial charge in [-0.3, -0.25) is 9.48 Å². The maximum atomic E-state index is 12.5. The Balaban J connectivity index is 1.78. The Bertz CT molecular complexity index is 917. The number of anilines is 1. The van der Waals surface area contributed by atoms with Crippen molar-refractivity contribution in [3.63, 3.8) is 0 Å². The Morgan fingerprint density at radius 2 is 2.12 bits per heavy atom.